The molecule has 6 heteroatoms. The number of hydrogen-bond donors (Lipinski definition) is 0. The Morgan fingerprint density at radius 2 is 1.80 bits per heavy atom. The minimum atomic E-state index is 0.686. The smallest absolute Gasteiger partial charge is 0.157 e. The van der Waals surface area contributed by atoms with Gasteiger partial charge in [0.1, 0.15) is 5.82 Å². The maximum Gasteiger partial charge on any atom is 0.157 e. The largest absolute Gasteiger partial charge is 0.270 e. The molecule has 126 valence electrons. The minimum Gasteiger partial charge on any atom is -0.270 e. The summed E-state index contributed by atoms with van der Waals surface area (Å²) >= 11 is 6.02. The van der Waals surface area contributed by atoms with Crippen LogP contribution in [0, 0.1) is 0 Å². The molecule has 0 unspecified atom stereocenters. The standard InChI is InChI=1S/C19H18ClN5/c1-4-17-22-10-14(11-23-17)18-16(13-6-8-15(20)9-7-13)12-24-25(5-2)19(18)21-3/h5-12H,2,4H2,1,3H3. The lowest BCUT2D eigenvalue weighted by atomic mass is 9.99. The Labute approximate surface area is 151 Å². The first-order valence-electron chi connectivity index (χ1n) is 7.92. The van der Waals surface area contributed by atoms with Gasteiger partial charge in [-0.25, -0.2) is 14.6 Å². The van der Waals surface area contributed by atoms with E-state index in [1.807, 2.05) is 43.6 Å². The summed E-state index contributed by atoms with van der Waals surface area (Å²) in [5.41, 5.74) is 4.40. The summed E-state index contributed by atoms with van der Waals surface area (Å²) < 4.78 is 1.64. The van der Waals surface area contributed by atoms with Crippen molar-refractivity contribution in [2.75, 3.05) is 7.05 Å². The number of nitrogens with zero attached hydrogens (tertiary/aromatic N) is 5. The Kier molecular flexibility index (Phi) is 5.05. The summed E-state index contributed by atoms with van der Waals surface area (Å²) in [7, 11) is 1.73. The fourth-order valence-corrected chi connectivity index (χ4v) is 2.75. The number of aryl methyl sites for hydroxylation is 1. The average Bonchev–Trinajstić information content (AvgIpc) is 2.67. The van der Waals surface area contributed by atoms with E-state index in [1.54, 1.807) is 24.1 Å². The molecule has 0 radical (unpaired) electrons. The van der Waals surface area contributed by atoms with E-state index in [9.17, 15) is 0 Å². The van der Waals surface area contributed by atoms with E-state index >= 15 is 0 Å². The van der Waals surface area contributed by atoms with Crippen molar-refractivity contribution in [2.24, 2.45) is 4.99 Å². The van der Waals surface area contributed by atoms with Gasteiger partial charge < -0.3 is 0 Å². The first-order chi connectivity index (χ1) is 12.2. The van der Waals surface area contributed by atoms with E-state index in [0.717, 1.165) is 34.5 Å². The Hall–Kier alpha value is -2.79. The van der Waals surface area contributed by atoms with Crippen LogP contribution >= 0.6 is 11.6 Å². The molecule has 3 rings (SSSR count). The van der Waals surface area contributed by atoms with Gasteiger partial charge in [-0.15, -0.1) is 0 Å². The van der Waals surface area contributed by atoms with Gasteiger partial charge in [0.2, 0.25) is 0 Å². The zero-order chi connectivity index (χ0) is 17.8. The first-order valence-corrected chi connectivity index (χ1v) is 8.30. The van der Waals surface area contributed by atoms with Crippen LogP contribution in [0.3, 0.4) is 0 Å². The van der Waals surface area contributed by atoms with E-state index in [1.165, 1.54) is 0 Å². The van der Waals surface area contributed by atoms with Crippen LogP contribution in [-0.4, -0.2) is 26.8 Å². The molecule has 0 aliphatic heterocycles. The molecule has 0 aliphatic rings. The zero-order valence-corrected chi connectivity index (χ0v) is 14.9. The van der Waals surface area contributed by atoms with Crippen molar-refractivity contribution in [1.82, 2.24) is 19.7 Å². The highest BCUT2D eigenvalue weighted by Gasteiger charge is 2.14. The molecule has 0 spiro atoms. The SMILES string of the molecule is C=Cn1ncc(-c2ccc(Cl)cc2)c(-c2cnc(CC)nc2)c1=NC. The Morgan fingerprint density at radius 3 is 2.36 bits per heavy atom. The quantitative estimate of drug-likeness (QED) is 0.717. The van der Waals surface area contributed by atoms with Gasteiger partial charge in [0, 0.05) is 53.8 Å². The summed E-state index contributed by atoms with van der Waals surface area (Å²) in [6.07, 6.45) is 7.85. The van der Waals surface area contributed by atoms with Crippen LogP contribution in [0.4, 0.5) is 0 Å². The van der Waals surface area contributed by atoms with Gasteiger partial charge in [-0.1, -0.05) is 37.2 Å². The fraction of sp³-hybridized carbons (Fsp3) is 0.158. The van der Waals surface area contributed by atoms with Gasteiger partial charge in [0.15, 0.2) is 5.49 Å². The average molecular weight is 352 g/mol. The second-order valence-electron chi connectivity index (χ2n) is 5.36. The Balaban J connectivity index is 2.31. The van der Waals surface area contributed by atoms with Crippen molar-refractivity contribution in [3.8, 4) is 22.3 Å². The summed E-state index contributed by atoms with van der Waals surface area (Å²) in [6, 6.07) is 7.63. The molecule has 0 fully saturated rings. The molecule has 0 aliphatic carbocycles. The highest BCUT2D eigenvalue weighted by molar-refractivity contribution is 6.30. The van der Waals surface area contributed by atoms with Crippen molar-refractivity contribution in [3.05, 3.63) is 65.8 Å². The lowest BCUT2D eigenvalue weighted by Crippen LogP contribution is -2.22. The molecule has 25 heavy (non-hydrogen) atoms. The third-order valence-electron chi connectivity index (χ3n) is 3.87. The van der Waals surface area contributed by atoms with Crippen LogP contribution in [-0.2, 0) is 6.42 Å². The highest BCUT2D eigenvalue weighted by atomic mass is 35.5. The summed E-state index contributed by atoms with van der Waals surface area (Å²) in [5.74, 6) is 0.803. The molecule has 2 aromatic heterocycles. The van der Waals surface area contributed by atoms with Crippen LogP contribution < -0.4 is 5.49 Å². The summed E-state index contributed by atoms with van der Waals surface area (Å²) in [5, 5.41) is 5.10. The highest BCUT2D eigenvalue weighted by Crippen LogP contribution is 2.29. The molecule has 0 saturated carbocycles. The van der Waals surface area contributed by atoms with Crippen molar-refractivity contribution < 1.29 is 0 Å². The Bertz CT molecular complexity index is 957. The van der Waals surface area contributed by atoms with Gasteiger partial charge in [-0.05, 0) is 17.7 Å². The molecule has 0 saturated heterocycles. The third kappa shape index (κ3) is 3.37. The molecule has 5 nitrogen and oxygen atoms in total. The predicted molar refractivity (Wildman–Crippen MR) is 101 cm³/mol. The minimum absolute atomic E-state index is 0.686. The molecule has 0 atom stereocenters. The fourth-order valence-electron chi connectivity index (χ4n) is 2.62. The van der Waals surface area contributed by atoms with Crippen molar-refractivity contribution in [1.29, 1.82) is 0 Å². The number of halogens is 1. The van der Waals surface area contributed by atoms with E-state index in [2.05, 4.69) is 26.6 Å². The molecule has 0 bridgehead atoms. The molecule has 0 N–H and O–H groups in total. The number of hydrogen-bond acceptors (Lipinski definition) is 4. The van der Waals surface area contributed by atoms with E-state index in [4.69, 9.17) is 11.6 Å². The topological polar surface area (TPSA) is 56.0 Å². The maximum atomic E-state index is 6.02. The molecule has 2 heterocycles. The van der Waals surface area contributed by atoms with Gasteiger partial charge in [-0.2, -0.15) is 5.10 Å². The zero-order valence-electron chi connectivity index (χ0n) is 14.1. The monoisotopic (exact) mass is 351 g/mol. The predicted octanol–water partition coefficient (Wildman–Crippen LogP) is 3.85. The lowest BCUT2D eigenvalue weighted by Gasteiger charge is -2.13. The number of aromatic nitrogens is 4. The van der Waals surface area contributed by atoms with Crippen molar-refractivity contribution >= 4 is 17.8 Å². The van der Waals surface area contributed by atoms with Gasteiger partial charge in [0.25, 0.3) is 0 Å². The van der Waals surface area contributed by atoms with Crippen LogP contribution in [0.1, 0.15) is 12.7 Å². The van der Waals surface area contributed by atoms with E-state index < -0.39 is 0 Å². The molecule has 3 aromatic rings. The second-order valence-corrected chi connectivity index (χ2v) is 5.79. The van der Waals surface area contributed by atoms with Crippen molar-refractivity contribution in [3.63, 3.8) is 0 Å². The number of benzene rings is 1. The normalized spacial score (nSPS) is 11.6. The molecule has 0 amide bonds. The van der Waals surface area contributed by atoms with Crippen LogP contribution in [0.2, 0.25) is 5.02 Å². The van der Waals surface area contributed by atoms with Crippen molar-refractivity contribution in [2.45, 2.75) is 13.3 Å². The summed E-state index contributed by atoms with van der Waals surface area (Å²) in [6.45, 7) is 5.83. The Morgan fingerprint density at radius 1 is 1.12 bits per heavy atom. The van der Waals surface area contributed by atoms with Crippen LogP contribution in [0.5, 0.6) is 0 Å². The third-order valence-corrected chi connectivity index (χ3v) is 4.12. The van der Waals surface area contributed by atoms with Gasteiger partial charge in [0.05, 0.1) is 6.20 Å². The molecule has 1 aromatic carbocycles. The number of rotatable bonds is 4. The molecular formula is C19H18ClN5. The van der Waals surface area contributed by atoms with E-state index in [0.29, 0.717) is 10.5 Å². The lowest BCUT2D eigenvalue weighted by molar-refractivity contribution is 0.828. The van der Waals surface area contributed by atoms with Gasteiger partial charge >= 0.3 is 0 Å². The van der Waals surface area contributed by atoms with Crippen LogP contribution in [0.25, 0.3) is 28.5 Å². The first kappa shape index (κ1) is 17.0. The molecular weight excluding hydrogens is 334 g/mol. The summed E-state index contributed by atoms with van der Waals surface area (Å²) in [4.78, 5) is 13.3. The maximum absolute atomic E-state index is 6.02. The second kappa shape index (κ2) is 7.40. The van der Waals surface area contributed by atoms with Crippen LogP contribution in [0.15, 0.2) is 54.4 Å². The van der Waals surface area contributed by atoms with E-state index in [-0.39, 0.29) is 0 Å². The van der Waals surface area contributed by atoms with Gasteiger partial charge in [-0.3, -0.25) is 4.99 Å².